The number of carboxylic acids is 1. The van der Waals surface area contributed by atoms with Crippen LogP contribution in [-0.4, -0.2) is 22.8 Å². The second-order valence-electron chi connectivity index (χ2n) is 3.96. The molecule has 1 rings (SSSR count). The third-order valence-electron chi connectivity index (χ3n) is 2.83. The van der Waals surface area contributed by atoms with Gasteiger partial charge in [-0.25, -0.2) is 8.78 Å². The first-order valence-corrected chi connectivity index (χ1v) is 4.78. The minimum Gasteiger partial charge on any atom is -0.481 e. The predicted octanol–water partition coefficient (Wildman–Crippen LogP) is 1.87. The van der Waals surface area contributed by atoms with Gasteiger partial charge in [-0.1, -0.05) is 0 Å². The van der Waals surface area contributed by atoms with Gasteiger partial charge in [0.25, 0.3) is 0 Å². The molecule has 0 aromatic carbocycles. The number of aliphatic carboxylic acids is 1. The van der Waals surface area contributed by atoms with Crippen molar-refractivity contribution >= 4 is 24.2 Å². The highest BCUT2D eigenvalue weighted by Crippen LogP contribution is 2.39. The number of rotatable bonds is 3. The molecular formula is C9H15ClF2N2O2. The first-order chi connectivity index (χ1) is 6.83. The van der Waals surface area contributed by atoms with Crippen molar-refractivity contribution in [2.45, 2.75) is 31.6 Å². The number of halogens is 3. The number of hydrogen-bond acceptors (Lipinski definition) is 2. The predicted molar refractivity (Wildman–Crippen MR) is 57.2 cm³/mol. The van der Waals surface area contributed by atoms with E-state index in [4.69, 9.17) is 16.2 Å². The van der Waals surface area contributed by atoms with E-state index in [1.165, 1.54) is 0 Å². The molecule has 1 unspecified atom stereocenters. The Labute approximate surface area is 98.1 Å². The molecule has 1 aliphatic carbocycles. The lowest BCUT2D eigenvalue weighted by atomic mass is 9.78. The Morgan fingerprint density at radius 2 is 1.88 bits per heavy atom. The molecule has 16 heavy (non-hydrogen) atoms. The van der Waals surface area contributed by atoms with Crippen molar-refractivity contribution in [3.05, 3.63) is 0 Å². The molecule has 0 bridgehead atoms. The standard InChI is InChI=1S/C9H14F2N2O2.ClH/c10-9(11)3-1-5(2-4-9)6(7(12)13)8(14)15;/h5-6H,1-4H2,(H3,12,13)(H,14,15);1H. The van der Waals surface area contributed by atoms with Crippen LogP contribution in [0, 0.1) is 17.2 Å². The quantitative estimate of drug-likeness (QED) is 0.532. The molecule has 1 fully saturated rings. The first kappa shape index (κ1) is 15.1. The lowest BCUT2D eigenvalue weighted by Gasteiger charge is -2.31. The number of carbonyl (C=O) groups is 1. The van der Waals surface area contributed by atoms with E-state index < -0.39 is 29.6 Å². The summed E-state index contributed by atoms with van der Waals surface area (Å²) in [6, 6.07) is 0. The molecule has 0 spiro atoms. The first-order valence-electron chi connectivity index (χ1n) is 4.78. The SMILES string of the molecule is Cl.N=C(N)C(C(=O)O)C1CCC(F)(F)CC1. The van der Waals surface area contributed by atoms with E-state index in [-0.39, 0.29) is 38.1 Å². The number of nitrogens with two attached hydrogens (primary N) is 1. The second-order valence-corrected chi connectivity index (χ2v) is 3.96. The van der Waals surface area contributed by atoms with Crippen LogP contribution >= 0.6 is 12.4 Å². The van der Waals surface area contributed by atoms with E-state index >= 15 is 0 Å². The van der Waals surface area contributed by atoms with Gasteiger partial charge in [0, 0.05) is 12.8 Å². The van der Waals surface area contributed by atoms with E-state index in [1.54, 1.807) is 0 Å². The van der Waals surface area contributed by atoms with Crippen LogP contribution < -0.4 is 5.73 Å². The zero-order valence-electron chi connectivity index (χ0n) is 8.58. The third-order valence-corrected chi connectivity index (χ3v) is 2.83. The Balaban J connectivity index is 0.00000225. The van der Waals surface area contributed by atoms with Gasteiger partial charge in [0.15, 0.2) is 0 Å². The van der Waals surface area contributed by atoms with Crippen LogP contribution in [0.25, 0.3) is 0 Å². The van der Waals surface area contributed by atoms with Gasteiger partial charge in [-0.2, -0.15) is 0 Å². The maximum atomic E-state index is 12.8. The van der Waals surface area contributed by atoms with Crippen molar-refractivity contribution in [2.24, 2.45) is 17.6 Å². The average Bonchev–Trinajstić information content (AvgIpc) is 2.07. The fraction of sp³-hybridized carbons (Fsp3) is 0.778. The molecule has 7 heteroatoms. The van der Waals surface area contributed by atoms with Crippen molar-refractivity contribution in [2.75, 3.05) is 0 Å². The normalized spacial score (nSPS) is 21.9. The van der Waals surface area contributed by atoms with Crippen LogP contribution in [0.4, 0.5) is 8.78 Å². The molecular weight excluding hydrogens is 242 g/mol. The number of carboxylic acid groups (broad SMARTS) is 1. The zero-order chi connectivity index (χ0) is 11.6. The fourth-order valence-electron chi connectivity index (χ4n) is 1.98. The molecule has 4 N–H and O–H groups in total. The summed E-state index contributed by atoms with van der Waals surface area (Å²) in [7, 11) is 0. The minimum atomic E-state index is -2.68. The summed E-state index contributed by atoms with van der Waals surface area (Å²) in [6.07, 6.45) is -0.392. The van der Waals surface area contributed by atoms with Crippen LogP contribution in [0.5, 0.6) is 0 Å². The van der Waals surface area contributed by atoms with Crippen molar-refractivity contribution in [1.29, 1.82) is 5.41 Å². The average molecular weight is 257 g/mol. The van der Waals surface area contributed by atoms with Gasteiger partial charge in [0.05, 0.1) is 0 Å². The summed E-state index contributed by atoms with van der Waals surface area (Å²) < 4.78 is 25.6. The number of alkyl halides is 2. The number of amidine groups is 1. The van der Waals surface area contributed by atoms with Crippen LogP contribution in [0.1, 0.15) is 25.7 Å². The minimum absolute atomic E-state index is 0. The highest BCUT2D eigenvalue weighted by molar-refractivity contribution is 5.97. The monoisotopic (exact) mass is 256 g/mol. The molecule has 1 atom stereocenters. The van der Waals surface area contributed by atoms with Crippen molar-refractivity contribution < 1.29 is 18.7 Å². The van der Waals surface area contributed by atoms with E-state index in [0.29, 0.717) is 0 Å². The topological polar surface area (TPSA) is 87.2 Å². The molecule has 0 amide bonds. The second kappa shape index (κ2) is 5.43. The van der Waals surface area contributed by atoms with Gasteiger partial charge in [-0.3, -0.25) is 10.2 Å². The lowest BCUT2D eigenvalue weighted by molar-refractivity contribution is -0.142. The van der Waals surface area contributed by atoms with Gasteiger partial charge in [0.2, 0.25) is 5.92 Å². The Morgan fingerprint density at radius 3 is 2.19 bits per heavy atom. The highest BCUT2D eigenvalue weighted by Gasteiger charge is 2.40. The molecule has 0 aromatic rings. The van der Waals surface area contributed by atoms with Gasteiger partial charge in [0.1, 0.15) is 11.8 Å². The molecule has 1 aliphatic rings. The Hall–Kier alpha value is -0.910. The van der Waals surface area contributed by atoms with Gasteiger partial charge < -0.3 is 10.8 Å². The molecule has 0 heterocycles. The maximum Gasteiger partial charge on any atom is 0.314 e. The van der Waals surface area contributed by atoms with E-state index in [2.05, 4.69) is 0 Å². The Kier molecular flexibility index (Phi) is 5.12. The Bertz CT molecular complexity index is 263. The third kappa shape index (κ3) is 3.59. The van der Waals surface area contributed by atoms with Crippen LogP contribution in [0.2, 0.25) is 0 Å². The van der Waals surface area contributed by atoms with E-state index in [1.807, 2.05) is 0 Å². The lowest BCUT2D eigenvalue weighted by Crippen LogP contribution is -2.39. The van der Waals surface area contributed by atoms with Crippen LogP contribution in [-0.2, 0) is 4.79 Å². The molecule has 0 aliphatic heterocycles. The van der Waals surface area contributed by atoms with Crippen molar-refractivity contribution in [3.63, 3.8) is 0 Å². The highest BCUT2D eigenvalue weighted by atomic mass is 35.5. The van der Waals surface area contributed by atoms with E-state index in [0.717, 1.165) is 0 Å². The van der Waals surface area contributed by atoms with Gasteiger partial charge >= 0.3 is 5.97 Å². The summed E-state index contributed by atoms with van der Waals surface area (Å²) >= 11 is 0. The summed E-state index contributed by atoms with van der Waals surface area (Å²) in [5, 5.41) is 15.9. The molecule has 0 saturated heterocycles. The zero-order valence-corrected chi connectivity index (χ0v) is 9.40. The smallest absolute Gasteiger partial charge is 0.314 e. The number of nitrogens with one attached hydrogen (secondary N) is 1. The van der Waals surface area contributed by atoms with Crippen molar-refractivity contribution in [1.82, 2.24) is 0 Å². The summed E-state index contributed by atoms with van der Waals surface area (Å²) in [6.45, 7) is 0. The van der Waals surface area contributed by atoms with Gasteiger partial charge in [-0.05, 0) is 18.8 Å². The van der Waals surface area contributed by atoms with E-state index in [9.17, 15) is 13.6 Å². The summed E-state index contributed by atoms with van der Waals surface area (Å²) in [4.78, 5) is 10.8. The van der Waals surface area contributed by atoms with Crippen molar-refractivity contribution in [3.8, 4) is 0 Å². The molecule has 94 valence electrons. The molecule has 0 aromatic heterocycles. The van der Waals surface area contributed by atoms with Gasteiger partial charge in [-0.15, -0.1) is 12.4 Å². The van der Waals surface area contributed by atoms with Crippen LogP contribution in [0.15, 0.2) is 0 Å². The fourth-order valence-corrected chi connectivity index (χ4v) is 1.98. The molecule has 1 saturated carbocycles. The number of hydrogen-bond donors (Lipinski definition) is 3. The summed E-state index contributed by atoms with van der Waals surface area (Å²) in [5.74, 6) is -5.87. The molecule has 0 radical (unpaired) electrons. The molecule has 4 nitrogen and oxygen atoms in total. The Morgan fingerprint density at radius 1 is 1.44 bits per heavy atom. The maximum absolute atomic E-state index is 12.8. The largest absolute Gasteiger partial charge is 0.481 e. The summed E-state index contributed by atoms with van der Waals surface area (Å²) in [5.41, 5.74) is 5.15. The van der Waals surface area contributed by atoms with Crippen LogP contribution in [0.3, 0.4) is 0 Å².